The summed E-state index contributed by atoms with van der Waals surface area (Å²) in [6.07, 6.45) is 1.11. The third-order valence-corrected chi connectivity index (χ3v) is 6.80. The average molecular weight is 421 g/mol. The first-order valence-corrected chi connectivity index (χ1v) is 10.6. The zero-order chi connectivity index (χ0) is 16.4. The molecule has 124 valence electrons. The molecule has 1 aliphatic rings. The van der Waals surface area contributed by atoms with Gasteiger partial charge in [0.15, 0.2) is 9.84 Å². The normalized spacial score (nSPS) is 20.0. The Kier molecular flexibility index (Phi) is 5.07. The van der Waals surface area contributed by atoms with E-state index < -0.39 is 9.84 Å². The molecule has 23 heavy (non-hydrogen) atoms. The van der Waals surface area contributed by atoms with E-state index in [4.69, 9.17) is 4.42 Å². The highest BCUT2D eigenvalue weighted by molar-refractivity contribution is 9.10. The molecule has 0 bridgehead atoms. The Hall–Kier alpha value is -0.930. The summed E-state index contributed by atoms with van der Waals surface area (Å²) >= 11 is 4.47. The molecule has 9 heteroatoms. The van der Waals surface area contributed by atoms with Gasteiger partial charge in [0.25, 0.3) is 5.22 Å². The van der Waals surface area contributed by atoms with E-state index in [1.54, 1.807) is 12.1 Å². The zero-order valence-corrected chi connectivity index (χ0v) is 15.3. The number of hydrogen-bond donors (Lipinski definition) is 0. The van der Waals surface area contributed by atoms with E-state index in [1.807, 2.05) is 0 Å². The second-order valence-corrected chi connectivity index (χ2v) is 9.53. The van der Waals surface area contributed by atoms with Crippen LogP contribution in [0.4, 0.5) is 4.39 Å². The molecular weight excluding hydrogens is 407 g/mol. The summed E-state index contributed by atoms with van der Waals surface area (Å²) in [5, 5.41) is 8.23. The van der Waals surface area contributed by atoms with Crippen molar-refractivity contribution in [2.24, 2.45) is 5.92 Å². The van der Waals surface area contributed by atoms with Crippen LogP contribution in [0.2, 0.25) is 0 Å². The van der Waals surface area contributed by atoms with E-state index in [0.717, 1.165) is 0 Å². The van der Waals surface area contributed by atoms with E-state index in [0.29, 0.717) is 39.7 Å². The van der Waals surface area contributed by atoms with Crippen molar-refractivity contribution < 1.29 is 17.2 Å². The monoisotopic (exact) mass is 420 g/mol. The van der Waals surface area contributed by atoms with Crippen molar-refractivity contribution in [3.05, 3.63) is 39.9 Å². The summed E-state index contributed by atoms with van der Waals surface area (Å²) in [4.78, 5) is 0. The third-order valence-electron chi connectivity index (χ3n) is 3.60. The molecule has 0 aliphatic carbocycles. The molecule has 2 aromatic rings. The molecule has 0 spiro atoms. The Morgan fingerprint density at radius 3 is 2.91 bits per heavy atom. The van der Waals surface area contributed by atoms with Gasteiger partial charge in [-0.05, 0) is 30.0 Å². The van der Waals surface area contributed by atoms with Crippen LogP contribution in [0, 0.1) is 11.7 Å². The van der Waals surface area contributed by atoms with Crippen molar-refractivity contribution >= 4 is 37.5 Å². The summed E-state index contributed by atoms with van der Waals surface area (Å²) in [5.41, 5.74) is 0.555. The fourth-order valence-electron chi connectivity index (χ4n) is 2.44. The van der Waals surface area contributed by atoms with Crippen LogP contribution in [0.1, 0.15) is 17.9 Å². The molecule has 3 rings (SSSR count). The predicted octanol–water partition coefficient (Wildman–Crippen LogP) is 3.24. The Labute approximate surface area is 146 Å². The van der Waals surface area contributed by atoms with Gasteiger partial charge in [0.2, 0.25) is 5.89 Å². The minimum absolute atomic E-state index is 0.0437. The summed E-state index contributed by atoms with van der Waals surface area (Å²) < 4.78 is 42.8. The van der Waals surface area contributed by atoms with Gasteiger partial charge in [-0.15, -0.1) is 10.2 Å². The number of thioether (sulfide) groups is 1. The molecule has 5 nitrogen and oxygen atoms in total. The number of rotatable bonds is 5. The van der Waals surface area contributed by atoms with E-state index in [2.05, 4.69) is 26.1 Å². The molecular formula is C14H14BrFN2O3S2. The maximum atomic E-state index is 13.7. The molecule has 0 amide bonds. The molecule has 0 radical (unpaired) electrons. The van der Waals surface area contributed by atoms with Gasteiger partial charge in [-0.25, -0.2) is 12.8 Å². The highest BCUT2D eigenvalue weighted by atomic mass is 79.9. The molecule has 1 unspecified atom stereocenters. The second kappa shape index (κ2) is 6.90. The van der Waals surface area contributed by atoms with Gasteiger partial charge >= 0.3 is 0 Å². The minimum atomic E-state index is -2.90. The smallest absolute Gasteiger partial charge is 0.276 e. The molecule has 2 heterocycles. The first-order valence-electron chi connectivity index (χ1n) is 7.01. The quantitative estimate of drug-likeness (QED) is 0.691. The molecule has 1 saturated heterocycles. The number of benzene rings is 1. The van der Waals surface area contributed by atoms with Gasteiger partial charge in [-0.2, -0.15) is 0 Å². The SMILES string of the molecule is O=S1(=O)CCC(Cc2nnc(SCc3ccc(Br)cc3F)o2)C1. The van der Waals surface area contributed by atoms with Crippen LogP contribution >= 0.6 is 27.7 Å². The number of aromatic nitrogens is 2. The fourth-order valence-corrected chi connectivity index (χ4v) is 5.40. The summed E-state index contributed by atoms with van der Waals surface area (Å²) in [6, 6.07) is 4.89. The maximum Gasteiger partial charge on any atom is 0.276 e. The van der Waals surface area contributed by atoms with Crippen molar-refractivity contribution in [1.29, 1.82) is 0 Å². The third kappa shape index (κ3) is 4.54. The van der Waals surface area contributed by atoms with Crippen LogP contribution in [0.15, 0.2) is 32.3 Å². The Morgan fingerprint density at radius 2 is 2.22 bits per heavy atom. The van der Waals surface area contributed by atoms with Gasteiger partial charge in [-0.1, -0.05) is 33.8 Å². The highest BCUT2D eigenvalue weighted by Crippen LogP contribution is 2.27. The van der Waals surface area contributed by atoms with Crippen LogP contribution in [-0.4, -0.2) is 30.1 Å². The van der Waals surface area contributed by atoms with Gasteiger partial charge in [0.1, 0.15) is 5.82 Å². The topological polar surface area (TPSA) is 73.1 Å². The van der Waals surface area contributed by atoms with E-state index in [9.17, 15) is 12.8 Å². The summed E-state index contributed by atoms with van der Waals surface area (Å²) in [7, 11) is -2.90. The number of sulfone groups is 1. The van der Waals surface area contributed by atoms with Gasteiger partial charge in [-0.3, -0.25) is 0 Å². The number of halogens is 2. The Bertz CT molecular complexity index is 810. The lowest BCUT2D eigenvalue weighted by molar-refractivity contribution is 0.389. The highest BCUT2D eigenvalue weighted by Gasteiger charge is 2.29. The largest absolute Gasteiger partial charge is 0.416 e. The Morgan fingerprint density at radius 1 is 1.39 bits per heavy atom. The lowest BCUT2D eigenvalue weighted by Gasteiger charge is -2.02. The first kappa shape index (κ1) is 16.9. The first-order chi connectivity index (χ1) is 10.9. The minimum Gasteiger partial charge on any atom is -0.416 e. The molecule has 1 atom stereocenters. The lowest BCUT2D eigenvalue weighted by Crippen LogP contribution is -2.07. The Balaban J connectivity index is 1.57. The fraction of sp³-hybridized carbons (Fsp3) is 0.429. The van der Waals surface area contributed by atoms with Crippen LogP contribution in [0.3, 0.4) is 0 Å². The number of hydrogen-bond acceptors (Lipinski definition) is 6. The van der Waals surface area contributed by atoms with Crippen LogP contribution in [0.5, 0.6) is 0 Å². The molecule has 1 aromatic heterocycles. The lowest BCUT2D eigenvalue weighted by atomic mass is 10.1. The zero-order valence-electron chi connectivity index (χ0n) is 12.0. The van der Waals surface area contributed by atoms with E-state index >= 15 is 0 Å². The molecule has 1 fully saturated rings. The van der Waals surface area contributed by atoms with Crippen molar-refractivity contribution in [3.63, 3.8) is 0 Å². The predicted molar refractivity (Wildman–Crippen MR) is 88.4 cm³/mol. The van der Waals surface area contributed by atoms with Crippen molar-refractivity contribution in [2.75, 3.05) is 11.5 Å². The van der Waals surface area contributed by atoms with E-state index in [1.165, 1.54) is 17.8 Å². The summed E-state index contributed by atoms with van der Waals surface area (Å²) in [5.74, 6) is 0.993. The van der Waals surface area contributed by atoms with Gasteiger partial charge < -0.3 is 4.42 Å². The van der Waals surface area contributed by atoms with Crippen molar-refractivity contribution in [1.82, 2.24) is 10.2 Å². The standard InChI is InChI=1S/C14H14BrFN2O3S2/c15-11-2-1-10(12(16)6-11)7-22-14-18-17-13(21-14)5-9-3-4-23(19,20)8-9/h1-2,6,9H,3-5,7-8H2. The van der Waals surface area contributed by atoms with E-state index in [-0.39, 0.29) is 23.2 Å². The van der Waals surface area contributed by atoms with Gasteiger partial charge in [0, 0.05) is 16.6 Å². The van der Waals surface area contributed by atoms with Crippen LogP contribution < -0.4 is 0 Å². The maximum absolute atomic E-state index is 13.7. The molecule has 1 aromatic carbocycles. The molecule has 0 saturated carbocycles. The van der Waals surface area contributed by atoms with Crippen LogP contribution in [0.25, 0.3) is 0 Å². The van der Waals surface area contributed by atoms with Crippen molar-refractivity contribution in [3.8, 4) is 0 Å². The second-order valence-electron chi connectivity index (χ2n) is 5.46. The van der Waals surface area contributed by atoms with Gasteiger partial charge in [0.05, 0.1) is 11.5 Å². The molecule has 1 aliphatic heterocycles. The molecule has 0 N–H and O–H groups in total. The summed E-state index contributed by atoms with van der Waals surface area (Å²) in [6.45, 7) is 0. The number of nitrogens with zero attached hydrogens (tertiary/aromatic N) is 2. The van der Waals surface area contributed by atoms with Crippen molar-refractivity contribution in [2.45, 2.75) is 23.8 Å². The average Bonchev–Trinajstić information content (AvgIpc) is 3.05. The van der Waals surface area contributed by atoms with Crippen LogP contribution in [-0.2, 0) is 22.0 Å².